The third kappa shape index (κ3) is 2.47. The van der Waals surface area contributed by atoms with Gasteiger partial charge < -0.3 is 4.57 Å². The summed E-state index contributed by atoms with van der Waals surface area (Å²) < 4.78 is 1.99. The first-order chi connectivity index (χ1) is 9.78. The summed E-state index contributed by atoms with van der Waals surface area (Å²) in [5, 5.41) is 0.774. The first-order valence-corrected chi connectivity index (χ1v) is 7.03. The molecule has 0 N–H and O–H groups in total. The molecule has 0 amide bonds. The Labute approximate surface area is 123 Å². The first-order valence-electron chi connectivity index (χ1n) is 6.65. The number of imidazole rings is 1. The summed E-state index contributed by atoms with van der Waals surface area (Å²) in [6.07, 6.45) is 6.51. The Morgan fingerprint density at radius 1 is 1.10 bits per heavy atom. The van der Waals surface area contributed by atoms with Crippen LogP contribution in [0.15, 0.2) is 61.2 Å². The number of aryl methyl sites for hydroxylation is 1. The van der Waals surface area contributed by atoms with E-state index in [0.29, 0.717) is 0 Å². The lowest BCUT2D eigenvalue weighted by Gasteiger charge is -2.10. The number of hydrogen-bond donors (Lipinski definition) is 0. The number of rotatable bonds is 3. The second-order valence-electron chi connectivity index (χ2n) is 4.67. The molecule has 20 heavy (non-hydrogen) atoms. The summed E-state index contributed by atoms with van der Waals surface area (Å²) in [6.45, 7) is 2.16. The van der Waals surface area contributed by atoms with Gasteiger partial charge >= 0.3 is 0 Å². The van der Waals surface area contributed by atoms with Gasteiger partial charge in [-0.05, 0) is 47.4 Å². The van der Waals surface area contributed by atoms with Gasteiger partial charge in [-0.3, -0.25) is 0 Å². The summed E-state index contributed by atoms with van der Waals surface area (Å²) in [5.74, 6) is 0. The number of benzene rings is 2. The van der Waals surface area contributed by atoms with E-state index >= 15 is 0 Å². The van der Waals surface area contributed by atoms with Crippen molar-refractivity contribution in [2.45, 2.75) is 13.3 Å². The van der Waals surface area contributed by atoms with Gasteiger partial charge in [-0.2, -0.15) is 0 Å². The highest BCUT2D eigenvalue weighted by Crippen LogP contribution is 2.28. The van der Waals surface area contributed by atoms with Crippen LogP contribution in [0.1, 0.15) is 12.5 Å². The van der Waals surface area contributed by atoms with Crippen LogP contribution in [0.5, 0.6) is 0 Å². The fraction of sp³-hybridized carbons (Fsp3) is 0.118. The Balaban J connectivity index is 2.01. The zero-order chi connectivity index (χ0) is 13.9. The molecular weight excluding hydrogens is 268 g/mol. The molecule has 0 saturated heterocycles. The minimum Gasteiger partial charge on any atom is -0.306 e. The maximum Gasteiger partial charge on any atom is 0.0991 e. The van der Waals surface area contributed by atoms with E-state index in [-0.39, 0.29) is 0 Å². The van der Waals surface area contributed by atoms with Crippen molar-refractivity contribution in [1.29, 1.82) is 0 Å². The monoisotopic (exact) mass is 282 g/mol. The van der Waals surface area contributed by atoms with E-state index in [0.717, 1.165) is 17.1 Å². The molecule has 0 fully saturated rings. The molecule has 0 aliphatic carbocycles. The molecular formula is C17H15ClN2. The van der Waals surface area contributed by atoms with Crippen molar-refractivity contribution in [3.05, 3.63) is 71.8 Å². The van der Waals surface area contributed by atoms with Crippen LogP contribution in [-0.4, -0.2) is 9.55 Å². The van der Waals surface area contributed by atoms with Crippen LogP contribution in [0, 0.1) is 0 Å². The Morgan fingerprint density at radius 2 is 1.90 bits per heavy atom. The van der Waals surface area contributed by atoms with Gasteiger partial charge in [-0.15, -0.1) is 0 Å². The van der Waals surface area contributed by atoms with Crippen LogP contribution in [0.3, 0.4) is 0 Å². The van der Waals surface area contributed by atoms with Crippen molar-refractivity contribution >= 4 is 11.6 Å². The van der Waals surface area contributed by atoms with Crippen molar-refractivity contribution in [2.75, 3.05) is 0 Å². The molecule has 3 heteroatoms. The highest BCUT2D eigenvalue weighted by molar-refractivity contribution is 6.30. The largest absolute Gasteiger partial charge is 0.306 e. The molecule has 100 valence electrons. The molecule has 0 atom stereocenters. The third-order valence-electron chi connectivity index (χ3n) is 3.43. The van der Waals surface area contributed by atoms with Gasteiger partial charge in [0.1, 0.15) is 0 Å². The van der Waals surface area contributed by atoms with Crippen LogP contribution in [-0.2, 0) is 6.42 Å². The highest BCUT2D eigenvalue weighted by Gasteiger charge is 2.05. The van der Waals surface area contributed by atoms with E-state index in [2.05, 4.69) is 42.2 Å². The van der Waals surface area contributed by atoms with Crippen LogP contribution < -0.4 is 0 Å². The smallest absolute Gasteiger partial charge is 0.0991 e. The molecule has 0 unspecified atom stereocenters. The Morgan fingerprint density at radius 3 is 2.55 bits per heavy atom. The highest BCUT2D eigenvalue weighted by atomic mass is 35.5. The molecule has 2 aromatic carbocycles. The zero-order valence-corrected chi connectivity index (χ0v) is 12.0. The van der Waals surface area contributed by atoms with E-state index in [1.807, 2.05) is 22.9 Å². The molecule has 2 nitrogen and oxygen atoms in total. The predicted octanol–water partition coefficient (Wildman–Crippen LogP) is 4.76. The molecule has 0 aliphatic heterocycles. The van der Waals surface area contributed by atoms with Gasteiger partial charge in [0.15, 0.2) is 0 Å². The van der Waals surface area contributed by atoms with Crippen molar-refractivity contribution in [3.63, 3.8) is 0 Å². The van der Waals surface area contributed by atoms with E-state index < -0.39 is 0 Å². The molecule has 3 rings (SSSR count). The maximum absolute atomic E-state index is 6.12. The van der Waals surface area contributed by atoms with Crippen LogP contribution in [0.2, 0.25) is 5.02 Å². The minimum absolute atomic E-state index is 0.774. The predicted molar refractivity (Wildman–Crippen MR) is 83.4 cm³/mol. The van der Waals surface area contributed by atoms with Gasteiger partial charge in [0, 0.05) is 23.1 Å². The molecule has 0 spiro atoms. The topological polar surface area (TPSA) is 17.8 Å². The zero-order valence-electron chi connectivity index (χ0n) is 11.3. The van der Waals surface area contributed by atoms with Crippen LogP contribution in [0.25, 0.3) is 16.8 Å². The average molecular weight is 283 g/mol. The molecule has 0 aliphatic rings. The number of halogens is 1. The minimum atomic E-state index is 0.774. The lowest BCUT2D eigenvalue weighted by Crippen LogP contribution is -1.91. The molecule has 1 heterocycles. The molecule has 0 radical (unpaired) electrons. The van der Waals surface area contributed by atoms with Crippen molar-refractivity contribution < 1.29 is 0 Å². The second-order valence-corrected chi connectivity index (χ2v) is 5.11. The summed E-state index contributed by atoms with van der Waals surface area (Å²) in [6, 6.07) is 14.5. The van der Waals surface area contributed by atoms with E-state index in [1.54, 1.807) is 12.5 Å². The van der Waals surface area contributed by atoms with Gasteiger partial charge in [0.05, 0.1) is 6.33 Å². The lowest BCUT2D eigenvalue weighted by molar-refractivity contribution is 1.06. The fourth-order valence-electron chi connectivity index (χ4n) is 2.35. The SMILES string of the molecule is CCc1ccc(Cl)cc1-c1ccc(-n2ccnc2)cc1. The Hall–Kier alpha value is -2.06. The second kappa shape index (κ2) is 5.51. The van der Waals surface area contributed by atoms with Crippen molar-refractivity contribution in [2.24, 2.45) is 0 Å². The molecule has 0 saturated carbocycles. The van der Waals surface area contributed by atoms with Gasteiger partial charge in [0.25, 0.3) is 0 Å². The Bertz CT molecular complexity index is 700. The van der Waals surface area contributed by atoms with Crippen LogP contribution in [0.4, 0.5) is 0 Å². The summed E-state index contributed by atoms with van der Waals surface area (Å²) in [5.41, 5.74) is 4.81. The molecule has 0 bridgehead atoms. The van der Waals surface area contributed by atoms with E-state index in [1.165, 1.54) is 16.7 Å². The lowest BCUT2D eigenvalue weighted by atomic mass is 9.98. The number of aromatic nitrogens is 2. The molecule has 1 aromatic heterocycles. The standard InChI is InChI=1S/C17H15ClN2/c1-2-13-3-6-15(18)11-17(13)14-4-7-16(8-5-14)20-10-9-19-12-20/h3-12H,2H2,1H3. The third-order valence-corrected chi connectivity index (χ3v) is 3.67. The van der Waals surface area contributed by atoms with Crippen molar-refractivity contribution in [1.82, 2.24) is 9.55 Å². The maximum atomic E-state index is 6.12. The summed E-state index contributed by atoms with van der Waals surface area (Å²) >= 11 is 6.12. The first kappa shape index (κ1) is 12.9. The average Bonchev–Trinajstić information content (AvgIpc) is 3.02. The number of hydrogen-bond acceptors (Lipinski definition) is 1. The van der Waals surface area contributed by atoms with E-state index in [9.17, 15) is 0 Å². The van der Waals surface area contributed by atoms with Gasteiger partial charge in [-0.25, -0.2) is 4.98 Å². The van der Waals surface area contributed by atoms with E-state index in [4.69, 9.17) is 11.6 Å². The normalized spacial score (nSPS) is 10.7. The van der Waals surface area contributed by atoms with Gasteiger partial charge in [0.2, 0.25) is 0 Å². The fourth-order valence-corrected chi connectivity index (χ4v) is 2.52. The van der Waals surface area contributed by atoms with Crippen molar-refractivity contribution in [3.8, 4) is 16.8 Å². The van der Waals surface area contributed by atoms with Gasteiger partial charge in [-0.1, -0.05) is 36.7 Å². The summed E-state index contributed by atoms with van der Waals surface area (Å²) in [7, 11) is 0. The number of nitrogens with zero attached hydrogens (tertiary/aromatic N) is 2. The molecule has 3 aromatic rings. The van der Waals surface area contributed by atoms with Crippen LogP contribution >= 0.6 is 11.6 Å². The Kier molecular flexibility index (Phi) is 3.57. The quantitative estimate of drug-likeness (QED) is 0.677. The summed E-state index contributed by atoms with van der Waals surface area (Å²) in [4.78, 5) is 4.06.